The van der Waals surface area contributed by atoms with Gasteiger partial charge in [0.1, 0.15) is 11.5 Å². The lowest BCUT2D eigenvalue weighted by Gasteiger charge is -2.13. The highest BCUT2D eigenvalue weighted by atomic mass is 35.5. The number of benzene rings is 1. The van der Waals surface area contributed by atoms with Crippen LogP contribution in [0.4, 0.5) is 0 Å². The molecule has 0 spiro atoms. The van der Waals surface area contributed by atoms with Gasteiger partial charge < -0.3 is 19.0 Å². The van der Waals surface area contributed by atoms with E-state index in [0.29, 0.717) is 36.0 Å². The Morgan fingerprint density at radius 1 is 1.41 bits per heavy atom. The van der Waals surface area contributed by atoms with E-state index < -0.39 is 5.97 Å². The van der Waals surface area contributed by atoms with E-state index in [0.717, 1.165) is 11.8 Å². The van der Waals surface area contributed by atoms with Crippen molar-refractivity contribution >= 4 is 35.4 Å². The number of terminal acetylenes is 1. The number of hydrogen-bond donors (Lipinski definition) is 1. The zero-order valence-corrected chi connectivity index (χ0v) is 16.3. The first-order chi connectivity index (χ1) is 13.0. The van der Waals surface area contributed by atoms with E-state index in [1.54, 1.807) is 19.1 Å². The molecule has 2 rings (SSSR count). The largest absolute Gasteiger partial charge is 0.490 e. The van der Waals surface area contributed by atoms with E-state index in [9.17, 15) is 9.90 Å². The van der Waals surface area contributed by atoms with Crippen LogP contribution in [0, 0.1) is 12.3 Å². The molecular formula is C18H17ClN2O5S. The average molecular weight is 409 g/mol. The number of carboxylic acid groups (broad SMARTS) is 1. The first-order valence-corrected chi connectivity index (χ1v) is 9.15. The summed E-state index contributed by atoms with van der Waals surface area (Å²) in [4.78, 5) is 11.6. The Bertz CT molecular complexity index is 888. The number of aromatic nitrogens is 2. The van der Waals surface area contributed by atoms with Gasteiger partial charge in [0, 0.05) is 6.42 Å². The molecule has 1 aromatic heterocycles. The number of carboxylic acids is 1. The molecule has 0 unspecified atom stereocenters. The van der Waals surface area contributed by atoms with Crippen LogP contribution >= 0.6 is 23.4 Å². The first-order valence-electron chi connectivity index (χ1n) is 7.96. The normalized spacial score (nSPS) is 11.1. The molecule has 0 saturated carbocycles. The Labute approximate surface area is 165 Å². The maximum Gasteiger partial charge on any atom is 0.342 e. The zero-order valence-electron chi connectivity index (χ0n) is 14.7. The van der Waals surface area contributed by atoms with Crippen LogP contribution in [0.3, 0.4) is 0 Å². The molecule has 0 radical (unpaired) electrons. The van der Waals surface area contributed by atoms with E-state index in [1.807, 2.05) is 6.92 Å². The van der Waals surface area contributed by atoms with Gasteiger partial charge in [0.25, 0.3) is 5.22 Å². The molecular weight excluding hydrogens is 392 g/mol. The molecule has 0 saturated heterocycles. The minimum Gasteiger partial charge on any atom is -0.490 e. The van der Waals surface area contributed by atoms with Crippen LogP contribution in [0.25, 0.3) is 6.08 Å². The summed E-state index contributed by atoms with van der Waals surface area (Å²) in [6, 6.07) is 3.18. The lowest BCUT2D eigenvalue weighted by Crippen LogP contribution is -2.01. The minimum absolute atomic E-state index is 0.0166. The Balaban J connectivity index is 2.37. The van der Waals surface area contributed by atoms with Crippen LogP contribution in [0.15, 0.2) is 26.7 Å². The van der Waals surface area contributed by atoms with Gasteiger partial charge in [-0.3, -0.25) is 0 Å². The van der Waals surface area contributed by atoms with E-state index in [4.69, 9.17) is 31.9 Å². The summed E-state index contributed by atoms with van der Waals surface area (Å²) in [5.74, 6) is 2.32. The third-order valence-electron chi connectivity index (χ3n) is 3.09. The van der Waals surface area contributed by atoms with Crippen molar-refractivity contribution < 1.29 is 23.8 Å². The number of aliphatic carboxylic acids is 1. The van der Waals surface area contributed by atoms with Crippen LogP contribution < -0.4 is 9.47 Å². The minimum atomic E-state index is -1.14. The van der Waals surface area contributed by atoms with Crippen molar-refractivity contribution in [3.63, 3.8) is 0 Å². The molecule has 0 aliphatic carbocycles. The summed E-state index contributed by atoms with van der Waals surface area (Å²) in [5, 5.41) is 17.5. The lowest BCUT2D eigenvalue weighted by atomic mass is 10.2. The van der Waals surface area contributed by atoms with Crippen molar-refractivity contribution in [1.29, 1.82) is 0 Å². The molecule has 1 N–H and O–H groups in total. The smallest absolute Gasteiger partial charge is 0.342 e. The molecule has 7 nitrogen and oxygen atoms in total. The van der Waals surface area contributed by atoms with Crippen molar-refractivity contribution in [3.05, 3.63) is 33.5 Å². The number of aryl methyl sites for hydroxylation is 1. The van der Waals surface area contributed by atoms with Gasteiger partial charge in [0.05, 0.1) is 11.6 Å². The summed E-state index contributed by atoms with van der Waals surface area (Å²) in [7, 11) is 0. The summed E-state index contributed by atoms with van der Waals surface area (Å²) in [5.41, 5.74) is 0.511. The van der Waals surface area contributed by atoms with Gasteiger partial charge in [-0.25, -0.2) is 4.79 Å². The molecule has 0 amide bonds. The predicted molar refractivity (Wildman–Crippen MR) is 102 cm³/mol. The van der Waals surface area contributed by atoms with Gasteiger partial charge in [0.2, 0.25) is 5.89 Å². The molecule has 27 heavy (non-hydrogen) atoms. The molecule has 1 aromatic carbocycles. The highest BCUT2D eigenvalue weighted by molar-refractivity contribution is 8.03. The molecule has 0 atom stereocenters. The molecule has 9 heteroatoms. The Kier molecular flexibility index (Phi) is 7.58. The topological polar surface area (TPSA) is 94.7 Å². The van der Waals surface area contributed by atoms with E-state index in [-0.39, 0.29) is 21.8 Å². The van der Waals surface area contributed by atoms with Crippen LogP contribution in [-0.4, -0.2) is 34.5 Å². The molecule has 142 valence electrons. The third-order valence-corrected chi connectivity index (χ3v) is 4.22. The number of hydrogen-bond acceptors (Lipinski definition) is 7. The number of rotatable bonds is 9. The third kappa shape index (κ3) is 5.67. The van der Waals surface area contributed by atoms with Crippen molar-refractivity contribution in [3.8, 4) is 23.8 Å². The maximum atomic E-state index is 11.6. The molecule has 0 aliphatic heterocycles. The number of halogens is 1. The first kappa shape index (κ1) is 20.7. The molecule has 1 heterocycles. The van der Waals surface area contributed by atoms with Crippen LogP contribution in [0.2, 0.25) is 5.02 Å². The van der Waals surface area contributed by atoms with E-state index >= 15 is 0 Å². The monoisotopic (exact) mass is 408 g/mol. The quantitative estimate of drug-likeness (QED) is 0.379. The van der Waals surface area contributed by atoms with E-state index in [1.165, 1.54) is 6.08 Å². The number of carbonyl (C=O) groups is 1. The Morgan fingerprint density at radius 3 is 2.78 bits per heavy atom. The fourth-order valence-electron chi connectivity index (χ4n) is 1.99. The standard InChI is InChI=1S/C18H17ClN2O5S/c1-4-7-25-16-12(19)8-11(9-13(16)24-6-3)10-14(17(22)23)27-18-21-20-15(5-2)26-18/h1,8-10H,5-7H2,2-3H3,(H,22,23)/b14-10+. The Hall–Kier alpha value is -2.63. The van der Waals surface area contributed by atoms with Gasteiger partial charge in [-0.2, -0.15) is 0 Å². The maximum absolute atomic E-state index is 11.6. The number of nitrogens with zero attached hydrogens (tertiary/aromatic N) is 2. The second-order valence-electron chi connectivity index (χ2n) is 4.99. The van der Waals surface area contributed by atoms with Crippen molar-refractivity contribution in [2.45, 2.75) is 25.5 Å². The van der Waals surface area contributed by atoms with Gasteiger partial charge in [-0.05, 0) is 42.5 Å². The highest BCUT2D eigenvalue weighted by Gasteiger charge is 2.17. The van der Waals surface area contributed by atoms with Crippen molar-refractivity contribution in [2.24, 2.45) is 0 Å². The summed E-state index contributed by atoms with van der Waals surface area (Å²) < 4.78 is 16.3. The molecule has 0 aliphatic rings. The molecule has 0 bridgehead atoms. The van der Waals surface area contributed by atoms with Crippen LogP contribution in [-0.2, 0) is 11.2 Å². The fraction of sp³-hybridized carbons (Fsp3) is 0.278. The van der Waals surface area contributed by atoms with E-state index in [2.05, 4.69) is 16.1 Å². The zero-order chi connectivity index (χ0) is 19.8. The summed E-state index contributed by atoms with van der Waals surface area (Å²) >= 11 is 7.10. The average Bonchev–Trinajstić information content (AvgIpc) is 3.08. The molecule has 0 fully saturated rings. The second-order valence-corrected chi connectivity index (χ2v) is 6.39. The lowest BCUT2D eigenvalue weighted by molar-refractivity contribution is -0.131. The van der Waals surface area contributed by atoms with Gasteiger partial charge in [-0.15, -0.1) is 16.6 Å². The number of thioether (sulfide) groups is 1. The number of ether oxygens (including phenoxy) is 2. The van der Waals surface area contributed by atoms with Crippen LogP contribution in [0.5, 0.6) is 11.5 Å². The van der Waals surface area contributed by atoms with Crippen LogP contribution in [0.1, 0.15) is 25.3 Å². The van der Waals surface area contributed by atoms with Gasteiger partial charge >= 0.3 is 5.97 Å². The van der Waals surface area contributed by atoms with Crippen molar-refractivity contribution in [2.75, 3.05) is 13.2 Å². The Morgan fingerprint density at radius 2 is 2.19 bits per heavy atom. The predicted octanol–water partition coefficient (Wildman–Crippen LogP) is 3.91. The summed E-state index contributed by atoms with van der Waals surface area (Å²) in [6.07, 6.45) is 7.20. The highest BCUT2D eigenvalue weighted by Crippen LogP contribution is 2.38. The van der Waals surface area contributed by atoms with Gasteiger partial charge in [-0.1, -0.05) is 24.4 Å². The summed E-state index contributed by atoms with van der Waals surface area (Å²) in [6.45, 7) is 4.07. The van der Waals surface area contributed by atoms with Gasteiger partial charge in [0.15, 0.2) is 11.5 Å². The second kappa shape index (κ2) is 9.90. The van der Waals surface area contributed by atoms with Crippen molar-refractivity contribution in [1.82, 2.24) is 10.2 Å². The SMILES string of the molecule is C#CCOc1c(Cl)cc(/C=C(/Sc2nnc(CC)o2)C(=O)O)cc1OCC. The molecule has 2 aromatic rings. The fourth-order valence-corrected chi connectivity index (χ4v) is 2.95.